The van der Waals surface area contributed by atoms with Crippen molar-refractivity contribution in [3.63, 3.8) is 0 Å². The molecule has 1 N–H and O–H groups in total. The lowest BCUT2D eigenvalue weighted by Gasteiger charge is -2.22. The lowest BCUT2D eigenvalue weighted by molar-refractivity contribution is -0.134. The smallest absolute Gasteiger partial charge is 0.479 e. The van der Waals surface area contributed by atoms with Gasteiger partial charge in [0.15, 0.2) is 12.2 Å². The van der Waals surface area contributed by atoms with Crippen LogP contribution in [0.1, 0.15) is 13.8 Å². The number of carbonyl (C=O) groups excluding carboxylic acids is 1. The normalized spacial score (nSPS) is 12.3. The Bertz CT molecular complexity index is 373. The summed E-state index contributed by atoms with van der Waals surface area (Å²) in [4.78, 5) is 20.0. The SMILES string of the molecule is CC(C)(Oc1ccsc1)C(=O)CO[P+](=O)O. The molecule has 1 heterocycles. The highest BCUT2D eigenvalue weighted by Gasteiger charge is 2.32. The van der Waals surface area contributed by atoms with E-state index in [0.717, 1.165) is 0 Å². The largest absolute Gasteiger partial charge is 0.695 e. The van der Waals surface area contributed by atoms with E-state index in [9.17, 15) is 9.36 Å². The van der Waals surface area contributed by atoms with Gasteiger partial charge < -0.3 is 4.74 Å². The number of ether oxygens (including phenoxy) is 1. The first kappa shape index (κ1) is 13.3. The first-order valence-corrected chi connectivity index (χ1v) is 6.52. The monoisotopic (exact) mass is 263 g/mol. The summed E-state index contributed by atoms with van der Waals surface area (Å²) in [6, 6.07) is 1.74. The quantitative estimate of drug-likeness (QED) is 0.796. The van der Waals surface area contributed by atoms with Crippen molar-refractivity contribution in [2.45, 2.75) is 19.4 Å². The molecule has 16 heavy (non-hydrogen) atoms. The van der Waals surface area contributed by atoms with Crippen molar-refractivity contribution in [3.05, 3.63) is 16.8 Å². The summed E-state index contributed by atoms with van der Waals surface area (Å²) in [6.07, 6.45) is 0. The van der Waals surface area contributed by atoms with E-state index < -0.39 is 26.2 Å². The zero-order chi connectivity index (χ0) is 12.2. The van der Waals surface area contributed by atoms with Gasteiger partial charge in [0.2, 0.25) is 5.78 Å². The van der Waals surface area contributed by atoms with E-state index in [1.54, 1.807) is 25.3 Å². The highest BCUT2D eigenvalue weighted by molar-refractivity contribution is 7.32. The highest BCUT2D eigenvalue weighted by Crippen LogP contribution is 2.23. The van der Waals surface area contributed by atoms with Gasteiger partial charge in [-0.15, -0.1) is 20.8 Å². The van der Waals surface area contributed by atoms with Crippen molar-refractivity contribution >= 4 is 25.4 Å². The molecule has 0 bridgehead atoms. The zero-order valence-corrected chi connectivity index (χ0v) is 10.6. The second kappa shape index (κ2) is 5.50. The molecule has 0 amide bonds. The van der Waals surface area contributed by atoms with E-state index in [2.05, 4.69) is 4.52 Å². The van der Waals surface area contributed by atoms with E-state index in [0.29, 0.717) is 5.75 Å². The maximum atomic E-state index is 11.6. The molecule has 0 spiro atoms. The van der Waals surface area contributed by atoms with Crippen molar-refractivity contribution in [1.29, 1.82) is 0 Å². The van der Waals surface area contributed by atoms with Crippen molar-refractivity contribution in [3.8, 4) is 5.75 Å². The second-order valence-electron chi connectivity index (χ2n) is 3.51. The summed E-state index contributed by atoms with van der Waals surface area (Å²) < 4.78 is 20.1. The fraction of sp³-hybridized carbons (Fsp3) is 0.444. The van der Waals surface area contributed by atoms with Gasteiger partial charge in [-0.05, 0) is 25.3 Å². The average molecular weight is 263 g/mol. The molecule has 0 aliphatic heterocycles. The Morgan fingerprint density at radius 1 is 1.62 bits per heavy atom. The van der Waals surface area contributed by atoms with Crippen molar-refractivity contribution in [2.75, 3.05) is 6.61 Å². The third-order valence-electron chi connectivity index (χ3n) is 1.85. The Balaban J connectivity index is 2.55. The number of hydrogen-bond donors (Lipinski definition) is 1. The van der Waals surface area contributed by atoms with Crippen LogP contribution in [0.2, 0.25) is 0 Å². The fourth-order valence-electron chi connectivity index (χ4n) is 0.949. The molecular weight excluding hydrogens is 251 g/mol. The molecule has 0 aromatic carbocycles. The van der Waals surface area contributed by atoms with Gasteiger partial charge in [-0.25, -0.2) is 0 Å². The van der Waals surface area contributed by atoms with Crippen LogP contribution in [0.3, 0.4) is 0 Å². The zero-order valence-electron chi connectivity index (χ0n) is 8.87. The van der Waals surface area contributed by atoms with Crippen LogP contribution in [0.25, 0.3) is 0 Å². The molecule has 1 atom stereocenters. The predicted octanol–water partition coefficient (Wildman–Crippen LogP) is 2.14. The fourth-order valence-corrected chi connectivity index (χ4v) is 1.73. The van der Waals surface area contributed by atoms with Crippen LogP contribution >= 0.6 is 19.6 Å². The molecule has 1 unspecified atom stereocenters. The lowest BCUT2D eigenvalue weighted by atomic mass is 10.0. The van der Waals surface area contributed by atoms with Crippen LogP contribution in [0.4, 0.5) is 0 Å². The average Bonchev–Trinajstić information content (AvgIpc) is 2.65. The summed E-state index contributed by atoms with van der Waals surface area (Å²) >= 11 is 1.46. The van der Waals surface area contributed by atoms with E-state index in [4.69, 9.17) is 9.63 Å². The van der Waals surface area contributed by atoms with Crippen LogP contribution in [0.15, 0.2) is 16.8 Å². The minimum Gasteiger partial charge on any atom is -0.479 e. The topological polar surface area (TPSA) is 72.8 Å². The molecule has 1 aromatic heterocycles. The van der Waals surface area contributed by atoms with E-state index in [1.165, 1.54) is 11.3 Å². The van der Waals surface area contributed by atoms with Crippen molar-refractivity contribution in [1.82, 2.24) is 0 Å². The predicted molar refractivity (Wildman–Crippen MR) is 59.8 cm³/mol. The molecule has 0 fully saturated rings. The molecule has 0 radical (unpaired) electrons. The first-order chi connectivity index (χ1) is 7.42. The summed E-state index contributed by atoms with van der Waals surface area (Å²) in [5.41, 5.74) is -1.08. The molecule has 0 saturated carbocycles. The number of Topliss-reactive ketones (excluding diaryl/α,β-unsaturated/α-hetero) is 1. The first-order valence-electron chi connectivity index (χ1n) is 4.45. The highest BCUT2D eigenvalue weighted by atomic mass is 32.1. The third-order valence-corrected chi connectivity index (χ3v) is 2.86. The van der Waals surface area contributed by atoms with Gasteiger partial charge >= 0.3 is 8.25 Å². The van der Waals surface area contributed by atoms with Crippen molar-refractivity contribution in [2.24, 2.45) is 0 Å². The Morgan fingerprint density at radius 3 is 2.81 bits per heavy atom. The molecule has 0 saturated heterocycles. The van der Waals surface area contributed by atoms with Crippen LogP contribution in [0, 0.1) is 0 Å². The standard InChI is InChI=1S/C9H11O5PS/c1-9(2,8(10)5-13-15(11)12)14-7-3-4-16-6-7/h3-4,6H,5H2,1-2H3/p+1. The summed E-state index contributed by atoms with van der Waals surface area (Å²) in [5.74, 6) is 0.202. The molecule has 0 aliphatic rings. The maximum absolute atomic E-state index is 11.6. The Labute approximate surface area is 98.0 Å². The second-order valence-corrected chi connectivity index (χ2v) is 5.02. The third kappa shape index (κ3) is 3.98. The van der Waals surface area contributed by atoms with Crippen LogP contribution < -0.4 is 4.74 Å². The number of thiophene rings is 1. The van der Waals surface area contributed by atoms with Crippen LogP contribution in [0.5, 0.6) is 5.75 Å². The van der Waals surface area contributed by atoms with Gasteiger partial charge in [0, 0.05) is 9.95 Å². The minimum atomic E-state index is -2.75. The van der Waals surface area contributed by atoms with Crippen LogP contribution in [-0.4, -0.2) is 22.9 Å². The van der Waals surface area contributed by atoms with E-state index in [1.807, 2.05) is 5.38 Å². The maximum Gasteiger partial charge on any atom is 0.695 e. The van der Waals surface area contributed by atoms with E-state index in [-0.39, 0.29) is 0 Å². The molecule has 0 aliphatic carbocycles. The Kier molecular flexibility index (Phi) is 4.56. The van der Waals surface area contributed by atoms with Gasteiger partial charge in [0.1, 0.15) is 5.75 Å². The van der Waals surface area contributed by atoms with E-state index >= 15 is 0 Å². The molecule has 5 nitrogen and oxygen atoms in total. The number of carbonyl (C=O) groups is 1. The molecule has 1 rings (SSSR count). The van der Waals surface area contributed by atoms with Gasteiger partial charge in [-0.1, -0.05) is 0 Å². The van der Waals surface area contributed by atoms with Gasteiger partial charge in [0.05, 0.1) is 0 Å². The number of ketones is 1. The van der Waals surface area contributed by atoms with Crippen LogP contribution in [-0.2, 0) is 13.9 Å². The molecule has 1 aromatic rings. The summed E-state index contributed by atoms with van der Waals surface area (Å²) in [5, 5.41) is 3.60. The van der Waals surface area contributed by atoms with Gasteiger partial charge in [0.25, 0.3) is 0 Å². The number of hydrogen-bond acceptors (Lipinski definition) is 5. The molecule has 88 valence electrons. The number of rotatable bonds is 6. The van der Waals surface area contributed by atoms with Gasteiger partial charge in [-0.2, -0.15) is 0 Å². The Hall–Kier alpha value is -0.810. The minimum absolute atomic E-state index is 0.392. The summed E-state index contributed by atoms with van der Waals surface area (Å²) in [7, 11) is -2.75. The van der Waals surface area contributed by atoms with Crippen molar-refractivity contribution < 1.29 is 23.5 Å². The lowest BCUT2D eigenvalue weighted by Crippen LogP contribution is -2.40. The molecule has 7 heteroatoms. The molecular formula is C9H12O5PS+. The Morgan fingerprint density at radius 2 is 2.31 bits per heavy atom. The summed E-state index contributed by atoms with van der Waals surface area (Å²) in [6.45, 7) is 2.73. The van der Waals surface area contributed by atoms with Gasteiger partial charge in [-0.3, -0.25) is 4.79 Å².